The number of hydrogen-bond acceptors (Lipinski definition) is 0. The van der Waals surface area contributed by atoms with E-state index in [1.807, 2.05) is 26.8 Å². The molecule has 0 saturated heterocycles. The maximum Gasteiger partial charge on any atom is 0.00629 e. The van der Waals surface area contributed by atoms with E-state index in [4.69, 9.17) is 0 Å². The van der Waals surface area contributed by atoms with Crippen LogP contribution in [0.25, 0.3) is 0 Å². The lowest BCUT2D eigenvalue weighted by molar-refractivity contribution is 0.394. The highest BCUT2D eigenvalue weighted by Gasteiger charge is 2.35. The predicted molar refractivity (Wildman–Crippen MR) is 224 cm³/mol. The van der Waals surface area contributed by atoms with E-state index >= 15 is 0 Å². The Morgan fingerprint density at radius 2 is 1.47 bits per heavy atom. The van der Waals surface area contributed by atoms with Gasteiger partial charge in [-0.3, -0.25) is 0 Å². The van der Waals surface area contributed by atoms with Crippen LogP contribution in [-0.2, 0) is 17.3 Å². The second-order valence-corrected chi connectivity index (χ2v) is 16.8. The second-order valence-electron chi connectivity index (χ2n) is 16.8. The molecular weight excluding hydrogens is 589 g/mol. The van der Waals surface area contributed by atoms with E-state index in [0.717, 1.165) is 24.8 Å². The molecule has 1 unspecified atom stereocenters. The summed E-state index contributed by atoms with van der Waals surface area (Å²) in [7, 11) is 0. The van der Waals surface area contributed by atoms with Gasteiger partial charge in [0.25, 0.3) is 0 Å². The van der Waals surface area contributed by atoms with E-state index in [2.05, 4.69) is 181 Å². The molecule has 3 rings (SSSR count). The highest BCUT2D eigenvalue weighted by atomic mass is 14.4. The average molecular weight is 661 g/mol. The Kier molecular flexibility index (Phi) is 17.6. The van der Waals surface area contributed by atoms with Gasteiger partial charge < -0.3 is 0 Å². The molecule has 1 aliphatic carbocycles. The van der Waals surface area contributed by atoms with Crippen LogP contribution in [0.3, 0.4) is 0 Å². The SMILES string of the molecule is C=C/C=C(\C=C(/C)C(=C)C)CC(C)(C)C.CC.CC1=CC=CC([C@](C)(Cc2ccccc2)c2cc(C)cc(C(C)(C)C)c2)C=C1CC(C)C. The molecule has 0 nitrogen and oxygen atoms in total. The fraction of sp³-hybridized carbons (Fsp3) is 0.469. The number of benzene rings is 2. The van der Waals surface area contributed by atoms with Crippen molar-refractivity contribution in [2.24, 2.45) is 17.3 Å². The molecule has 49 heavy (non-hydrogen) atoms. The first-order chi connectivity index (χ1) is 22.7. The summed E-state index contributed by atoms with van der Waals surface area (Å²) in [4.78, 5) is 0. The molecule has 0 heterocycles. The van der Waals surface area contributed by atoms with Crippen molar-refractivity contribution in [3.05, 3.63) is 154 Å². The summed E-state index contributed by atoms with van der Waals surface area (Å²) >= 11 is 0. The molecule has 0 fully saturated rings. The van der Waals surface area contributed by atoms with Gasteiger partial charge in [-0.05, 0) is 103 Å². The fourth-order valence-corrected chi connectivity index (χ4v) is 6.20. The molecule has 0 aromatic heterocycles. The average Bonchev–Trinajstić information content (AvgIpc) is 3.18. The molecule has 268 valence electrons. The molecule has 0 saturated carbocycles. The minimum absolute atomic E-state index is 0.0371. The molecule has 2 aromatic rings. The molecule has 1 aliphatic rings. The maximum atomic E-state index is 3.94. The Balaban J connectivity index is 0.000000596. The molecule has 0 radical (unpaired) electrons. The largest absolute Gasteiger partial charge is 0.0991 e. The Bertz CT molecular complexity index is 1500. The maximum absolute atomic E-state index is 3.94. The predicted octanol–water partition coefficient (Wildman–Crippen LogP) is 15.0. The lowest BCUT2D eigenvalue weighted by Gasteiger charge is -2.37. The Morgan fingerprint density at radius 1 is 0.878 bits per heavy atom. The molecule has 0 N–H and O–H groups in total. The molecule has 0 heteroatoms. The zero-order valence-corrected chi connectivity index (χ0v) is 34.4. The molecule has 0 aliphatic heterocycles. The molecule has 0 spiro atoms. The summed E-state index contributed by atoms with van der Waals surface area (Å²) in [5, 5.41) is 0. The van der Waals surface area contributed by atoms with Crippen LogP contribution in [-0.4, -0.2) is 0 Å². The van der Waals surface area contributed by atoms with Gasteiger partial charge in [0, 0.05) is 11.3 Å². The van der Waals surface area contributed by atoms with Crippen LogP contribution in [0.4, 0.5) is 0 Å². The highest BCUT2D eigenvalue weighted by Crippen LogP contribution is 2.42. The van der Waals surface area contributed by atoms with Crippen molar-refractivity contribution < 1.29 is 0 Å². The van der Waals surface area contributed by atoms with Crippen molar-refractivity contribution in [3.8, 4) is 0 Å². The van der Waals surface area contributed by atoms with Gasteiger partial charge in [0.2, 0.25) is 0 Å². The number of hydrogen-bond donors (Lipinski definition) is 0. The summed E-state index contributed by atoms with van der Waals surface area (Å²) in [6.07, 6.45) is 18.9. The minimum atomic E-state index is -0.0371. The quantitative estimate of drug-likeness (QED) is 0.223. The first-order valence-corrected chi connectivity index (χ1v) is 18.6. The van der Waals surface area contributed by atoms with Crippen molar-refractivity contribution in [1.29, 1.82) is 0 Å². The zero-order valence-electron chi connectivity index (χ0n) is 34.4. The monoisotopic (exact) mass is 661 g/mol. The standard InChI is InChI=1S/C32H42.C15H24.C2H6/c1-23(2)17-27-20-28(16-12-13-25(27)4)32(8,22-26-14-10-9-11-15-26)30-19-24(3)18-29(21-30)31(5,6)7;1-8-9-14(11-15(5,6)7)10-13(4)12(2)3;1-2/h9-16,18-21,23,28H,17,22H2,1-8H3;8-10H,1-2,11H2,3-7H3;1-2H3/b;13-10+,14-9+;/t28?,32-;;/m0../s1. The number of rotatable bonds is 10. The molecule has 0 bridgehead atoms. The van der Waals surface area contributed by atoms with Crippen LogP contribution in [0, 0.1) is 24.2 Å². The molecule has 2 atom stereocenters. The van der Waals surface area contributed by atoms with E-state index in [9.17, 15) is 0 Å². The van der Waals surface area contributed by atoms with Gasteiger partial charge >= 0.3 is 0 Å². The Labute approximate surface area is 304 Å². The normalized spacial score (nSPS) is 16.6. The second kappa shape index (κ2) is 19.7. The third-order valence-electron chi connectivity index (χ3n) is 9.07. The zero-order chi connectivity index (χ0) is 37.6. The van der Waals surface area contributed by atoms with E-state index in [0.29, 0.717) is 17.3 Å². The van der Waals surface area contributed by atoms with Crippen LogP contribution in [0.2, 0.25) is 0 Å². The minimum Gasteiger partial charge on any atom is -0.0991 e. The van der Waals surface area contributed by atoms with Crippen molar-refractivity contribution in [2.45, 2.75) is 134 Å². The van der Waals surface area contributed by atoms with Gasteiger partial charge in [0.05, 0.1) is 0 Å². The van der Waals surface area contributed by atoms with Crippen LogP contribution < -0.4 is 0 Å². The van der Waals surface area contributed by atoms with Crippen molar-refractivity contribution >= 4 is 0 Å². The van der Waals surface area contributed by atoms with Crippen LogP contribution in [0.15, 0.2) is 132 Å². The Morgan fingerprint density at radius 3 is 1.98 bits per heavy atom. The first kappa shape index (κ1) is 43.6. The smallest absolute Gasteiger partial charge is 0.00629 e. The fourth-order valence-electron chi connectivity index (χ4n) is 6.20. The first-order valence-electron chi connectivity index (χ1n) is 18.6. The number of aryl methyl sites for hydroxylation is 1. The summed E-state index contributed by atoms with van der Waals surface area (Å²) in [6, 6.07) is 18.3. The summed E-state index contributed by atoms with van der Waals surface area (Å²) in [5.74, 6) is 0.981. The Hall–Kier alpha value is -3.38. The van der Waals surface area contributed by atoms with Crippen molar-refractivity contribution in [1.82, 2.24) is 0 Å². The van der Waals surface area contributed by atoms with Gasteiger partial charge in [-0.25, -0.2) is 0 Å². The molecular formula is C49H72. The van der Waals surface area contributed by atoms with Crippen LogP contribution >= 0.6 is 0 Å². The van der Waals surface area contributed by atoms with Gasteiger partial charge in [-0.2, -0.15) is 0 Å². The van der Waals surface area contributed by atoms with Gasteiger partial charge in [-0.1, -0.05) is 192 Å². The van der Waals surface area contributed by atoms with Crippen LogP contribution in [0.5, 0.6) is 0 Å². The topological polar surface area (TPSA) is 0 Å². The van der Waals surface area contributed by atoms with Crippen LogP contribution in [0.1, 0.15) is 132 Å². The van der Waals surface area contributed by atoms with Gasteiger partial charge in [0.15, 0.2) is 0 Å². The third-order valence-corrected chi connectivity index (χ3v) is 9.07. The summed E-state index contributed by atoms with van der Waals surface area (Å²) in [6.45, 7) is 41.1. The van der Waals surface area contributed by atoms with E-state index in [1.54, 1.807) is 0 Å². The van der Waals surface area contributed by atoms with E-state index < -0.39 is 0 Å². The van der Waals surface area contributed by atoms with Crippen molar-refractivity contribution in [2.75, 3.05) is 0 Å². The summed E-state index contributed by atoms with van der Waals surface area (Å²) < 4.78 is 0. The lowest BCUT2D eigenvalue weighted by atomic mass is 9.66. The molecule has 0 amide bonds. The number of allylic oxidation sites excluding steroid dienone is 12. The highest BCUT2D eigenvalue weighted by molar-refractivity contribution is 5.44. The lowest BCUT2D eigenvalue weighted by Crippen LogP contribution is -2.33. The van der Waals surface area contributed by atoms with E-state index in [1.165, 1.54) is 44.5 Å². The third kappa shape index (κ3) is 15.0. The van der Waals surface area contributed by atoms with Gasteiger partial charge in [0.1, 0.15) is 0 Å². The van der Waals surface area contributed by atoms with E-state index in [-0.39, 0.29) is 10.8 Å². The summed E-state index contributed by atoms with van der Waals surface area (Å²) in [5.41, 5.74) is 12.6. The van der Waals surface area contributed by atoms with Crippen molar-refractivity contribution in [3.63, 3.8) is 0 Å². The molecule has 2 aromatic carbocycles. The van der Waals surface area contributed by atoms with Gasteiger partial charge in [-0.15, -0.1) is 0 Å².